The van der Waals surface area contributed by atoms with Crippen LogP contribution in [0, 0.1) is 5.82 Å². The summed E-state index contributed by atoms with van der Waals surface area (Å²) in [7, 11) is 2.06. The highest BCUT2D eigenvalue weighted by molar-refractivity contribution is 5.34. The minimum absolute atomic E-state index is 0.117. The van der Waals surface area contributed by atoms with Crippen molar-refractivity contribution in [1.29, 1.82) is 0 Å². The summed E-state index contributed by atoms with van der Waals surface area (Å²) < 4.78 is 26.6. The largest absolute Gasteiger partial charge is 0.421 e. The molecule has 6 heteroatoms. The zero-order valence-electron chi connectivity index (χ0n) is 14.7. The molecule has 2 heterocycles. The highest BCUT2D eigenvalue weighted by Crippen LogP contribution is 2.47. The summed E-state index contributed by atoms with van der Waals surface area (Å²) in [4.78, 5) is 2.20. The van der Waals surface area contributed by atoms with Crippen molar-refractivity contribution in [2.75, 3.05) is 20.1 Å². The summed E-state index contributed by atoms with van der Waals surface area (Å²) in [6, 6.07) is 6.94. The van der Waals surface area contributed by atoms with Crippen LogP contribution in [0.15, 0.2) is 28.7 Å². The van der Waals surface area contributed by atoms with Crippen molar-refractivity contribution >= 4 is 0 Å². The van der Waals surface area contributed by atoms with Crippen molar-refractivity contribution in [2.45, 2.75) is 50.2 Å². The highest BCUT2D eigenvalue weighted by Gasteiger charge is 2.44. The molecular weight excluding hydrogens is 321 g/mol. The molecule has 1 aromatic heterocycles. The third-order valence-electron chi connectivity index (χ3n) is 5.41. The van der Waals surface area contributed by atoms with Gasteiger partial charge in [-0.15, -0.1) is 10.2 Å². The van der Waals surface area contributed by atoms with Crippen LogP contribution in [-0.4, -0.2) is 41.3 Å². The molecule has 2 aromatic rings. The molecule has 1 saturated heterocycles. The number of benzene rings is 1. The van der Waals surface area contributed by atoms with Gasteiger partial charge >= 0.3 is 0 Å². The Morgan fingerprint density at radius 3 is 2.64 bits per heavy atom. The van der Waals surface area contributed by atoms with Gasteiger partial charge in [-0.2, -0.15) is 0 Å². The van der Waals surface area contributed by atoms with Crippen LogP contribution in [0.2, 0.25) is 0 Å². The average molecular weight is 345 g/mol. The topological polar surface area (TPSA) is 51.4 Å². The van der Waals surface area contributed by atoms with Gasteiger partial charge in [0.15, 0.2) is 0 Å². The van der Waals surface area contributed by atoms with Crippen molar-refractivity contribution in [3.05, 3.63) is 47.4 Å². The lowest BCUT2D eigenvalue weighted by Gasteiger charge is -2.32. The molecule has 2 aliphatic rings. The zero-order valence-corrected chi connectivity index (χ0v) is 14.7. The monoisotopic (exact) mass is 345 g/mol. The summed E-state index contributed by atoms with van der Waals surface area (Å²) in [5.74, 6) is 0.817. The van der Waals surface area contributed by atoms with Crippen LogP contribution in [0.25, 0.3) is 0 Å². The van der Waals surface area contributed by atoms with E-state index in [-0.39, 0.29) is 18.0 Å². The normalized spacial score (nSPS) is 26.8. The lowest BCUT2D eigenvalue weighted by atomic mass is 9.78. The Kier molecular flexibility index (Phi) is 4.33. The summed E-state index contributed by atoms with van der Waals surface area (Å²) in [5.41, 5.74) is 0.153. The minimum Gasteiger partial charge on any atom is -0.421 e. The molecular formula is C19H24FN3O2. The third kappa shape index (κ3) is 2.98. The Hall–Kier alpha value is -1.79. The Balaban J connectivity index is 1.69. The van der Waals surface area contributed by atoms with Crippen molar-refractivity contribution in [1.82, 2.24) is 15.1 Å². The molecule has 1 aliphatic carbocycles. The fourth-order valence-electron chi connectivity index (χ4n) is 4.28. The lowest BCUT2D eigenvalue weighted by Crippen LogP contribution is -2.40. The van der Waals surface area contributed by atoms with Gasteiger partial charge in [0.05, 0.1) is 11.5 Å². The number of hydrogen-bond donors (Lipinski definition) is 0. The van der Waals surface area contributed by atoms with Gasteiger partial charge in [-0.3, -0.25) is 0 Å². The first-order valence-electron chi connectivity index (χ1n) is 9.01. The molecule has 5 nitrogen and oxygen atoms in total. The van der Waals surface area contributed by atoms with E-state index in [1.54, 1.807) is 6.07 Å². The summed E-state index contributed by atoms with van der Waals surface area (Å²) in [6.07, 6.45) is 3.62. The molecule has 0 spiro atoms. The number of likely N-dealkylation sites (N-methyl/N-ethyl adjacent to an activating group) is 1. The van der Waals surface area contributed by atoms with Gasteiger partial charge in [0.1, 0.15) is 11.9 Å². The van der Waals surface area contributed by atoms with Crippen LogP contribution < -0.4 is 0 Å². The fraction of sp³-hybridized carbons (Fsp3) is 0.579. The van der Waals surface area contributed by atoms with E-state index < -0.39 is 5.41 Å². The highest BCUT2D eigenvalue weighted by atomic mass is 19.1. The maximum Gasteiger partial charge on any atom is 0.246 e. The number of morpholine rings is 1. The second-order valence-electron chi connectivity index (χ2n) is 7.37. The van der Waals surface area contributed by atoms with Crippen LogP contribution in [0.4, 0.5) is 4.39 Å². The molecule has 2 fully saturated rings. The maximum atomic E-state index is 14.5. The van der Waals surface area contributed by atoms with Gasteiger partial charge in [0.25, 0.3) is 0 Å². The molecule has 25 heavy (non-hydrogen) atoms. The SMILES string of the molecule is C[C@@H]1CN(C)C[C@H](c2nnc(C3(c4ccccc4F)CCCC3)o2)O1. The van der Waals surface area contributed by atoms with Gasteiger partial charge < -0.3 is 14.1 Å². The number of nitrogens with zero attached hydrogens (tertiary/aromatic N) is 3. The maximum absolute atomic E-state index is 14.5. The average Bonchev–Trinajstić information content (AvgIpc) is 3.25. The number of hydrogen-bond acceptors (Lipinski definition) is 5. The molecule has 0 N–H and O–H groups in total. The van der Waals surface area contributed by atoms with Crippen LogP contribution in [-0.2, 0) is 10.2 Å². The predicted octanol–water partition coefficient (Wildman–Crippen LogP) is 3.46. The molecule has 0 radical (unpaired) electrons. The Bertz CT molecular complexity index is 732. The Labute approximate surface area is 147 Å². The second kappa shape index (κ2) is 6.50. The first kappa shape index (κ1) is 16.7. The Morgan fingerprint density at radius 1 is 1.16 bits per heavy atom. The third-order valence-corrected chi connectivity index (χ3v) is 5.41. The van der Waals surface area contributed by atoms with Crippen LogP contribution in [0.3, 0.4) is 0 Å². The summed E-state index contributed by atoms with van der Waals surface area (Å²) in [5, 5.41) is 8.59. The predicted molar refractivity (Wildman–Crippen MR) is 90.7 cm³/mol. The quantitative estimate of drug-likeness (QED) is 0.853. The molecule has 1 saturated carbocycles. The van der Waals surface area contributed by atoms with Crippen molar-refractivity contribution in [3.8, 4) is 0 Å². The molecule has 1 aromatic carbocycles. The molecule has 4 rings (SSSR count). The smallest absolute Gasteiger partial charge is 0.246 e. The first-order valence-corrected chi connectivity index (χ1v) is 9.01. The number of aromatic nitrogens is 2. The van der Waals surface area contributed by atoms with E-state index in [1.807, 2.05) is 19.1 Å². The van der Waals surface area contributed by atoms with Crippen LogP contribution >= 0.6 is 0 Å². The molecule has 134 valence electrons. The van der Waals surface area contributed by atoms with E-state index in [0.29, 0.717) is 17.3 Å². The van der Waals surface area contributed by atoms with E-state index >= 15 is 0 Å². The second-order valence-corrected chi connectivity index (χ2v) is 7.37. The zero-order chi connectivity index (χ0) is 17.4. The van der Waals surface area contributed by atoms with E-state index in [0.717, 1.165) is 38.8 Å². The van der Waals surface area contributed by atoms with Gasteiger partial charge in [0.2, 0.25) is 11.8 Å². The van der Waals surface area contributed by atoms with Crippen molar-refractivity contribution < 1.29 is 13.5 Å². The summed E-state index contributed by atoms with van der Waals surface area (Å²) in [6.45, 7) is 3.65. The summed E-state index contributed by atoms with van der Waals surface area (Å²) >= 11 is 0. The molecule has 0 bridgehead atoms. The van der Waals surface area contributed by atoms with E-state index in [2.05, 4.69) is 22.1 Å². The molecule has 0 amide bonds. The van der Waals surface area contributed by atoms with E-state index in [1.165, 1.54) is 6.07 Å². The standard InChI is InChI=1S/C19H24FN3O2/c1-13-11-23(2)12-16(24-13)17-21-22-18(25-17)19(9-5-6-10-19)14-7-3-4-8-15(14)20/h3-4,7-8,13,16H,5-6,9-12H2,1-2H3/t13-,16-/m1/s1. The Morgan fingerprint density at radius 2 is 1.92 bits per heavy atom. The van der Waals surface area contributed by atoms with Gasteiger partial charge in [-0.25, -0.2) is 4.39 Å². The molecule has 2 atom stereocenters. The van der Waals surface area contributed by atoms with Gasteiger partial charge in [0, 0.05) is 18.7 Å². The fourth-order valence-corrected chi connectivity index (χ4v) is 4.28. The first-order chi connectivity index (χ1) is 12.1. The van der Waals surface area contributed by atoms with Crippen LogP contribution in [0.1, 0.15) is 56.1 Å². The van der Waals surface area contributed by atoms with Crippen LogP contribution in [0.5, 0.6) is 0 Å². The van der Waals surface area contributed by atoms with Gasteiger partial charge in [-0.05, 0) is 32.9 Å². The van der Waals surface area contributed by atoms with Crippen molar-refractivity contribution in [2.24, 2.45) is 0 Å². The van der Waals surface area contributed by atoms with E-state index in [9.17, 15) is 4.39 Å². The molecule has 0 unspecified atom stereocenters. The number of ether oxygens (including phenoxy) is 1. The molecule has 1 aliphatic heterocycles. The minimum atomic E-state index is -0.511. The lowest BCUT2D eigenvalue weighted by molar-refractivity contribution is -0.0828. The van der Waals surface area contributed by atoms with Crippen molar-refractivity contribution in [3.63, 3.8) is 0 Å². The van der Waals surface area contributed by atoms with Gasteiger partial charge in [-0.1, -0.05) is 31.0 Å². The van der Waals surface area contributed by atoms with E-state index in [4.69, 9.17) is 9.15 Å². The number of halogens is 1. The number of rotatable bonds is 3.